The lowest BCUT2D eigenvalue weighted by molar-refractivity contribution is 0.607. The fourth-order valence-electron chi connectivity index (χ4n) is 5.96. The summed E-state index contributed by atoms with van der Waals surface area (Å²) in [6.07, 6.45) is 4.40. The van der Waals surface area contributed by atoms with E-state index in [2.05, 4.69) is 80.6 Å². The minimum atomic E-state index is -0.131. The summed E-state index contributed by atoms with van der Waals surface area (Å²) in [5.74, 6) is 0.273. The fraction of sp³-hybridized carbons (Fsp3) is 0.188. The van der Waals surface area contributed by atoms with Gasteiger partial charge in [0.2, 0.25) is 0 Å². The topological polar surface area (TPSA) is 0 Å². The van der Waals surface area contributed by atoms with Crippen LogP contribution in [0.3, 0.4) is 0 Å². The van der Waals surface area contributed by atoms with Gasteiger partial charge >= 0.3 is 0 Å². The van der Waals surface area contributed by atoms with Gasteiger partial charge in [-0.15, -0.1) is 0 Å². The SMILES string of the molecule is Cc1ccccc1C1=c2ccc3c(c2CCC1C)C(c1ccccc1F)C=c1ccccc1=3. The first-order valence-corrected chi connectivity index (χ1v) is 11.9. The molecule has 2 aliphatic rings. The van der Waals surface area contributed by atoms with Gasteiger partial charge in [-0.1, -0.05) is 91.9 Å². The number of hydrogen-bond donors (Lipinski definition) is 0. The Morgan fingerprint density at radius 2 is 1.48 bits per heavy atom. The van der Waals surface area contributed by atoms with Crippen LogP contribution >= 0.6 is 0 Å². The molecule has 0 radical (unpaired) electrons. The molecule has 0 saturated carbocycles. The van der Waals surface area contributed by atoms with Crippen molar-refractivity contribution >= 4 is 11.6 Å². The fourth-order valence-corrected chi connectivity index (χ4v) is 5.96. The second-order valence-corrected chi connectivity index (χ2v) is 9.47. The molecule has 4 aromatic rings. The van der Waals surface area contributed by atoms with Crippen LogP contribution in [0.15, 0.2) is 84.9 Å². The standard InChI is InChI=1S/C32H27F/c1-20-9-3-5-11-23(20)31-21(2)15-16-28-27(31)18-17-26-24-12-6-4-10-22(24)19-29(32(26)28)25-13-7-8-14-30(25)33/h3-14,17-19,21,29H,15-16H2,1-2H3. The van der Waals surface area contributed by atoms with Gasteiger partial charge in [-0.25, -0.2) is 4.39 Å². The molecular weight excluding hydrogens is 403 g/mol. The van der Waals surface area contributed by atoms with Crippen LogP contribution in [0, 0.1) is 29.1 Å². The Morgan fingerprint density at radius 3 is 2.33 bits per heavy atom. The zero-order valence-electron chi connectivity index (χ0n) is 19.1. The molecule has 2 atom stereocenters. The van der Waals surface area contributed by atoms with E-state index in [0.717, 1.165) is 18.4 Å². The Balaban J connectivity index is 1.78. The van der Waals surface area contributed by atoms with Crippen LogP contribution in [0.1, 0.15) is 47.1 Å². The van der Waals surface area contributed by atoms with Gasteiger partial charge in [-0.3, -0.25) is 0 Å². The molecule has 0 spiro atoms. The Kier molecular flexibility index (Phi) is 4.80. The molecule has 0 bridgehead atoms. The first-order chi connectivity index (χ1) is 16.1. The highest BCUT2D eigenvalue weighted by Crippen LogP contribution is 2.37. The Labute approximate surface area is 194 Å². The molecule has 4 aromatic carbocycles. The highest BCUT2D eigenvalue weighted by atomic mass is 19.1. The maximum atomic E-state index is 15.1. The average Bonchev–Trinajstić information content (AvgIpc) is 2.84. The van der Waals surface area contributed by atoms with Crippen molar-refractivity contribution in [2.24, 2.45) is 5.92 Å². The van der Waals surface area contributed by atoms with Gasteiger partial charge in [0.25, 0.3) is 0 Å². The molecule has 0 heterocycles. The van der Waals surface area contributed by atoms with E-state index in [1.807, 2.05) is 12.1 Å². The number of fused-ring (bicyclic) bond motifs is 4. The maximum absolute atomic E-state index is 15.1. The first-order valence-electron chi connectivity index (χ1n) is 11.9. The molecule has 6 rings (SSSR count). The van der Waals surface area contributed by atoms with E-state index in [4.69, 9.17) is 0 Å². The zero-order chi connectivity index (χ0) is 22.5. The zero-order valence-corrected chi connectivity index (χ0v) is 19.1. The van der Waals surface area contributed by atoms with E-state index in [1.165, 1.54) is 48.7 Å². The van der Waals surface area contributed by atoms with Gasteiger partial charge in [-0.2, -0.15) is 0 Å². The van der Waals surface area contributed by atoms with Crippen LogP contribution < -0.4 is 10.4 Å². The molecule has 33 heavy (non-hydrogen) atoms. The molecular formula is C32H27F. The third kappa shape index (κ3) is 3.18. The number of rotatable bonds is 2. The smallest absolute Gasteiger partial charge is 0.127 e. The molecule has 0 fully saturated rings. The van der Waals surface area contributed by atoms with Gasteiger partial charge in [-0.05, 0) is 86.0 Å². The van der Waals surface area contributed by atoms with Gasteiger partial charge in [0, 0.05) is 5.92 Å². The van der Waals surface area contributed by atoms with E-state index >= 15 is 4.39 Å². The number of halogens is 1. The van der Waals surface area contributed by atoms with Crippen LogP contribution in [0.25, 0.3) is 11.6 Å². The molecule has 0 N–H and O–H groups in total. The van der Waals surface area contributed by atoms with Crippen molar-refractivity contribution < 1.29 is 4.39 Å². The van der Waals surface area contributed by atoms with E-state index in [9.17, 15) is 0 Å². The highest BCUT2D eigenvalue weighted by molar-refractivity contribution is 5.72. The lowest BCUT2D eigenvalue weighted by atomic mass is 9.75. The lowest BCUT2D eigenvalue weighted by Crippen LogP contribution is -2.28. The third-order valence-corrected chi connectivity index (χ3v) is 7.55. The van der Waals surface area contributed by atoms with Crippen molar-refractivity contribution in [3.8, 4) is 0 Å². The van der Waals surface area contributed by atoms with Crippen molar-refractivity contribution in [1.82, 2.24) is 0 Å². The second kappa shape index (κ2) is 7.85. The summed E-state index contributed by atoms with van der Waals surface area (Å²) >= 11 is 0. The molecule has 2 aliphatic carbocycles. The molecule has 2 unspecified atom stereocenters. The quantitative estimate of drug-likeness (QED) is 0.359. The summed E-state index contributed by atoms with van der Waals surface area (Å²) in [5, 5.41) is 5.03. The van der Waals surface area contributed by atoms with Crippen LogP contribution in [0.5, 0.6) is 0 Å². The van der Waals surface area contributed by atoms with Gasteiger partial charge in [0.1, 0.15) is 5.82 Å². The Bertz CT molecular complexity index is 1610. The van der Waals surface area contributed by atoms with E-state index < -0.39 is 0 Å². The third-order valence-electron chi connectivity index (χ3n) is 7.55. The van der Waals surface area contributed by atoms with Gasteiger partial charge < -0.3 is 0 Å². The Hall–Kier alpha value is -3.45. The number of hydrogen-bond acceptors (Lipinski definition) is 0. The predicted molar refractivity (Wildman–Crippen MR) is 134 cm³/mol. The van der Waals surface area contributed by atoms with Crippen LogP contribution in [-0.4, -0.2) is 0 Å². The summed E-state index contributed by atoms with van der Waals surface area (Å²) in [7, 11) is 0. The number of aryl methyl sites for hydroxylation is 1. The molecule has 1 heteroatoms. The molecule has 0 nitrogen and oxygen atoms in total. The van der Waals surface area contributed by atoms with Crippen LogP contribution in [-0.2, 0) is 6.42 Å². The summed E-state index contributed by atoms with van der Waals surface area (Å²) in [6, 6.07) is 29.1. The first kappa shape index (κ1) is 20.2. The molecule has 0 aromatic heterocycles. The predicted octanol–water partition coefficient (Wildman–Crippen LogP) is 6.13. The van der Waals surface area contributed by atoms with Crippen LogP contribution in [0.2, 0.25) is 0 Å². The number of benzene rings is 4. The van der Waals surface area contributed by atoms with Gasteiger partial charge in [0.05, 0.1) is 0 Å². The molecule has 0 amide bonds. The lowest BCUT2D eigenvalue weighted by Gasteiger charge is -2.29. The molecule has 0 aliphatic heterocycles. The monoisotopic (exact) mass is 430 g/mol. The summed E-state index contributed by atoms with van der Waals surface area (Å²) in [6.45, 7) is 4.55. The van der Waals surface area contributed by atoms with E-state index in [1.54, 1.807) is 12.1 Å². The molecule has 0 saturated heterocycles. The van der Waals surface area contributed by atoms with Crippen molar-refractivity contribution in [2.75, 3.05) is 0 Å². The normalized spacial score (nSPS) is 18.7. The van der Waals surface area contributed by atoms with Crippen molar-refractivity contribution in [2.45, 2.75) is 32.6 Å². The van der Waals surface area contributed by atoms with E-state index in [-0.39, 0.29) is 11.7 Å². The van der Waals surface area contributed by atoms with E-state index in [0.29, 0.717) is 5.92 Å². The van der Waals surface area contributed by atoms with Gasteiger partial charge in [0.15, 0.2) is 0 Å². The largest absolute Gasteiger partial charge is 0.207 e. The molecule has 162 valence electrons. The highest BCUT2D eigenvalue weighted by Gasteiger charge is 2.27. The second-order valence-electron chi connectivity index (χ2n) is 9.47. The van der Waals surface area contributed by atoms with Crippen molar-refractivity contribution in [3.63, 3.8) is 0 Å². The summed E-state index contributed by atoms with van der Waals surface area (Å²) < 4.78 is 15.1. The average molecular weight is 431 g/mol. The Morgan fingerprint density at radius 1 is 0.758 bits per heavy atom. The summed E-state index contributed by atoms with van der Waals surface area (Å²) in [4.78, 5) is 0. The van der Waals surface area contributed by atoms with Crippen molar-refractivity contribution in [1.29, 1.82) is 0 Å². The minimum Gasteiger partial charge on any atom is -0.207 e. The van der Waals surface area contributed by atoms with Crippen LogP contribution in [0.4, 0.5) is 4.39 Å². The summed E-state index contributed by atoms with van der Waals surface area (Å²) in [5.41, 5.74) is 7.53. The maximum Gasteiger partial charge on any atom is 0.127 e. The minimum absolute atomic E-state index is 0.0856. The van der Waals surface area contributed by atoms with Crippen molar-refractivity contribution in [3.05, 3.63) is 139 Å².